The van der Waals surface area contributed by atoms with Crippen LogP contribution in [0.4, 0.5) is 0 Å². The number of hydrogen-bond donors (Lipinski definition) is 3. The van der Waals surface area contributed by atoms with Crippen molar-refractivity contribution in [3.63, 3.8) is 0 Å². The van der Waals surface area contributed by atoms with Crippen molar-refractivity contribution < 1.29 is 14.9 Å². The van der Waals surface area contributed by atoms with Gasteiger partial charge >= 0.3 is 0 Å². The van der Waals surface area contributed by atoms with Gasteiger partial charge in [-0.2, -0.15) is 0 Å². The van der Waals surface area contributed by atoms with Gasteiger partial charge in [0.1, 0.15) is 5.75 Å². The van der Waals surface area contributed by atoms with Crippen LogP contribution in [0.1, 0.15) is 0 Å². The molecule has 54 valence electrons. The van der Waals surface area contributed by atoms with Crippen LogP contribution in [0.2, 0.25) is 0 Å². The molecular formula is C6H7O3P. The summed E-state index contributed by atoms with van der Waals surface area (Å²) in [5, 5.41) is 9.22. The van der Waals surface area contributed by atoms with Gasteiger partial charge in [0.15, 0.2) is 8.38 Å². The molecule has 0 spiro atoms. The molecule has 0 aliphatic carbocycles. The lowest BCUT2D eigenvalue weighted by Gasteiger charge is -2.00. The van der Waals surface area contributed by atoms with E-state index in [9.17, 15) is 0 Å². The van der Waals surface area contributed by atoms with Gasteiger partial charge in [0, 0.05) is 5.30 Å². The zero-order valence-corrected chi connectivity index (χ0v) is 5.99. The molecule has 0 amide bonds. The zero-order valence-electron chi connectivity index (χ0n) is 5.10. The van der Waals surface area contributed by atoms with Crippen molar-refractivity contribution in [2.75, 3.05) is 0 Å². The zero-order chi connectivity index (χ0) is 7.56. The van der Waals surface area contributed by atoms with E-state index in [1.807, 2.05) is 0 Å². The minimum Gasteiger partial charge on any atom is -0.508 e. The van der Waals surface area contributed by atoms with Crippen molar-refractivity contribution in [2.24, 2.45) is 0 Å². The first kappa shape index (κ1) is 7.48. The summed E-state index contributed by atoms with van der Waals surface area (Å²) >= 11 is 0. The Morgan fingerprint density at radius 3 is 1.90 bits per heavy atom. The first-order valence-corrected chi connectivity index (χ1v) is 3.92. The largest absolute Gasteiger partial charge is 0.508 e. The summed E-state index contributed by atoms with van der Waals surface area (Å²) in [5.74, 6) is 0.126. The molecule has 0 unspecified atom stereocenters. The molecule has 0 aromatic heterocycles. The van der Waals surface area contributed by atoms with E-state index in [0.29, 0.717) is 5.30 Å². The lowest BCUT2D eigenvalue weighted by molar-refractivity contribution is 0.475. The summed E-state index contributed by atoms with van der Waals surface area (Å²) in [6.45, 7) is 0. The van der Waals surface area contributed by atoms with Crippen LogP contribution in [0, 0.1) is 0 Å². The molecule has 0 aliphatic heterocycles. The maximum atomic E-state index is 8.78. The van der Waals surface area contributed by atoms with Gasteiger partial charge in [0.05, 0.1) is 0 Å². The number of aromatic hydroxyl groups is 1. The fourth-order valence-corrected chi connectivity index (χ4v) is 1.00. The fourth-order valence-electron chi connectivity index (χ4n) is 0.586. The monoisotopic (exact) mass is 158 g/mol. The van der Waals surface area contributed by atoms with Crippen molar-refractivity contribution in [2.45, 2.75) is 0 Å². The molecular weight excluding hydrogens is 151 g/mol. The molecule has 0 radical (unpaired) electrons. The molecule has 0 saturated heterocycles. The Balaban J connectivity index is 2.89. The van der Waals surface area contributed by atoms with Crippen LogP contribution >= 0.6 is 8.38 Å². The topological polar surface area (TPSA) is 60.7 Å². The van der Waals surface area contributed by atoms with Crippen LogP contribution in [0.25, 0.3) is 0 Å². The average molecular weight is 158 g/mol. The Morgan fingerprint density at radius 2 is 1.50 bits per heavy atom. The van der Waals surface area contributed by atoms with Crippen molar-refractivity contribution in [1.29, 1.82) is 0 Å². The van der Waals surface area contributed by atoms with Crippen LogP contribution in [0.15, 0.2) is 24.3 Å². The lowest BCUT2D eigenvalue weighted by atomic mass is 10.3. The summed E-state index contributed by atoms with van der Waals surface area (Å²) in [5.41, 5.74) is 0. The normalized spacial score (nSPS) is 10.3. The first-order chi connectivity index (χ1) is 4.70. The van der Waals surface area contributed by atoms with E-state index in [-0.39, 0.29) is 5.75 Å². The summed E-state index contributed by atoms with van der Waals surface area (Å²) in [4.78, 5) is 17.3. The second-order valence-electron chi connectivity index (χ2n) is 1.81. The molecule has 4 heteroatoms. The molecule has 0 bridgehead atoms. The molecule has 1 rings (SSSR count). The maximum absolute atomic E-state index is 8.78. The van der Waals surface area contributed by atoms with Gasteiger partial charge in [-0.15, -0.1) is 0 Å². The summed E-state index contributed by atoms with van der Waals surface area (Å²) in [6.07, 6.45) is 0. The molecule has 0 atom stereocenters. The van der Waals surface area contributed by atoms with E-state index in [1.165, 1.54) is 24.3 Å². The standard InChI is InChI=1S/C6H7O3P/c7-5-1-3-6(4-2-5)10(8)9/h1-4,7-9H. The fraction of sp³-hybridized carbons (Fsp3) is 0. The first-order valence-electron chi connectivity index (χ1n) is 2.67. The Hall–Kier alpha value is -0.630. The highest BCUT2D eigenvalue weighted by Gasteiger charge is 2.01. The Morgan fingerprint density at radius 1 is 1.00 bits per heavy atom. The second-order valence-corrected chi connectivity index (χ2v) is 2.90. The van der Waals surface area contributed by atoms with Gasteiger partial charge in [-0.05, 0) is 24.3 Å². The van der Waals surface area contributed by atoms with Gasteiger partial charge in [0.2, 0.25) is 0 Å². The quantitative estimate of drug-likeness (QED) is 0.515. The van der Waals surface area contributed by atoms with E-state index in [1.54, 1.807) is 0 Å². The number of hydrogen-bond acceptors (Lipinski definition) is 3. The van der Waals surface area contributed by atoms with Crippen LogP contribution in [-0.2, 0) is 0 Å². The third kappa shape index (κ3) is 1.67. The predicted molar refractivity (Wildman–Crippen MR) is 39.1 cm³/mol. The van der Waals surface area contributed by atoms with Crippen molar-refractivity contribution >= 4 is 13.7 Å². The Labute approximate surface area is 59.5 Å². The molecule has 1 aromatic carbocycles. The molecule has 0 aliphatic rings. The van der Waals surface area contributed by atoms with Crippen LogP contribution in [0.5, 0.6) is 5.75 Å². The highest BCUT2D eigenvalue weighted by Crippen LogP contribution is 2.22. The van der Waals surface area contributed by atoms with Crippen molar-refractivity contribution in [3.8, 4) is 5.75 Å². The van der Waals surface area contributed by atoms with Gasteiger partial charge in [-0.1, -0.05) is 0 Å². The molecule has 10 heavy (non-hydrogen) atoms. The number of phenols is 1. The predicted octanol–water partition coefficient (Wildman–Crippen LogP) is 0.314. The van der Waals surface area contributed by atoms with Crippen molar-refractivity contribution in [3.05, 3.63) is 24.3 Å². The molecule has 3 nitrogen and oxygen atoms in total. The van der Waals surface area contributed by atoms with E-state index in [2.05, 4.69) is 0 Å². The molecule has 0 saturated carbocycles. The van der Waals surface area contributed by atoms with Crippen LogP contribution < -0.4 is 5.30 Å². The third-order valence-corrected chi connectivity index (χ3v) is 1.84. The smallest absolute Gasteiger partial charge is 0.199 e. The maximum Gasteiger partial charge on any atom is 0.199 e. The number of rotatable bonds is 1. The molecule has 1 aromatic rings. The Bertz CT molecular complexity index is 207. The SMILES string of the molecule is Oc1ccc(P(O)O)cc1. The second kappa shape index (κ2) is 2.97. The van der Waals surface area contributed by atoms with E-state index < -0.39 is 8.38 Å². The summed E-state index contributed by atoms with van der Waals surface area (Å²) < 4.78 is 0. The average Bonchev–Trinajstić information content (AvgIpc) is 1.88. The van der Waals surface area contributed by atoms with E-state index in [4.69, 9.17) is 14.9 Å². The lowest BCUT2D eigenvalue weighted by Crippen LogP contribution is -1.96. The highest BCUT2D eigenvalue weighted by molar-refractivity contribution is 7.54. The van der Waals surface area contributed by atoms with Gasteiger partial charge < -0.3 is 14.9 Å². The molecule has 3 N–H and O–H groups in total. The summed E-state index contributed by atoms with van der Waals surface area (Å²) in [6, 6.07) is 5.77. The van der Waals surface area contributed by atoms with Gasteiger partial charge in [-0.3, -0.25) is 0 Å². The molecule has 0 heterocycles. The third-order valence-electron chi connectivity index (χ3n) is 1.08. The molecule has 0 fully saturated rings. The van der Waals surface area contributed by atoms with E-state index in [0.717, 1.165) is 0 Å². The van der Waals surface area contributed by atoms with Crippen molar-refractivity contribution in [1.82, 2.24) is 0 Å². The van der Waals surface area contributed by atoms with Gasteiger partial charge in [0.25, 0.3) is 0 Å². The number of phenolic OH excluding ortho intramolecular Hbond substituents is 1. The minimum absolute atomic E-state index is 0.126. The van der Waals surface area contributed by atoms with Crippen LogP contribution in [-0.4, -0.2) is 14.9 Å². The Kier molecular flexibility index (Phi) is 2.22. The minimum atomic E-state index is -2.02. The summed E-state index contributed by atoms with van der Waals surface area (Å²) in [7, 11) is -2.02. The number of benzene rings is 1. The van der Waals surface area contributed by atoms with Crippen LogP contribution in [0.3, 0.4) is 0 Å². The van der Waals surface area contributed by atoms with Gasteiger partial charge in [-0.25, -0.2) is 0 Å². The highest BCUT2D eigenvalue weighted by atomic mass is 31.2. The van der Waals surface area contributed by atoms with E-state index >= 15 is 0 Å².